The first-order valence-corrected chi connectivity index (χ1v) is 7.80. The minimum atomic E-state index is 0.499. The number of nitrogens with zero attached hydrogens (tertiary/aromatic N) is 1. The third-order valence-corrected chi connectivity index (χ3v) is 4.49. The van der Waals surface area contributed by atoms with Gasteiger partial charge in [0.1, 0.15) is 0 Å². The Morgan fingerprint density at radius 2 is 2.00 bits per heavy atom. The smallest absolute Gasteiger partial charge is 0.0558 e. The second kappa shape index (κ2) is 5.58. The molecule has 0 aromatic heterocycles. The predicted molar refractivity (Wildman–Crippen MR) is 88.7 cm³/mol. The maximum Gasteiger partial charge on any atom is 0.0558 e. The molecule has 0 fully saturated rings. The van der Waals surface area contributed by atoms with Gasteiger partial charge in [0.2, 0.25) is 0 Å². The normalized spacial score (nSPS) is 17.4. The van der Waals surface area contributed by atoms with Crippen LogP contribution in [0.25, 0.3) is 0 Å². The number of fused-ring (bicyclic) bond motifs is 1. The van der Waals surface area contributed by atoms with Gasteiger partial charge in [0.05, 0.1) is 5.69 Å². The van der Waals surface area contributed by atoms with Crippen LogP contribution in [0.4, 0.5) is 11.4 Å². The van der Waals surface area contributed by atoms with Gasteiger partial charge in [-0.25, -0.2) is 0 Å². The number of halogens is 1. The number of hydrogen-bond donors (Lipinski definition) is 1. The molecule has 3 heteroatoms. The van der Waals surface area contributed by atoms with E-state index in [1.165, 1.54) is 22.5 Å². The highest BCUT2D eigenvalue weighted by Gasteiger charge is 2.27. The van der Waals surface area contributed by atoms with Gasteiger partial charge in [0.25, 0.3) is 0 Å². The van der Waals surface area contributed by atoms with Crippen LogP contribution in [0.2, 0.25) is 0 Å². The van der Waals surface area contributed by atoms with Crippen molar-refractivity contribution in [2.24, 2.45) is 0 Å². The molecule has 1 aliphatic heterocycles. The van der Waals surface area contributed by atoms with Gasteiger partial charge < -0.3 is 10.2 Å². The zero-order chi connectivity index (χ0) is 14.1. The molecule has 104 valence electrons. The van der Waals surface area contributed by atoms with Gasteiger partial charge in [-0.15, -0.1) is 0 Å². The van der Waals surface area contributed by atoms with Gasteiger partial charge in [-0.3, -0.25) is 0 Å². The fourth-order valence-corrected chi connectivity index (χ4v) is 3.61. The number of anilines is 2. The summed E-state index contributed by atoms with van der Waals surface area (Å²) in [6.07, 6.45) is 1.11. The lowest BCUT2D eigenvalue weighted by atomic mass is 10.1. The molecule has 1 atom stereocenters. The Morgan fingerprint density at radius 3 is 2.75 bits per heavy atom. The molecule has 1 aliphatic rings. The Labute approximate surface area is 128 Å². The summed E-state index contributed by atoms with van der Waals surface area (Å²) < 4.78 is 1.16. The predicted octanol–water partition coefficient (Wildman–Crippen LogP) is 4.25. The molecule has 0 bridgehead atoms. The van der Waals surface area contributed by atoms with E-state index in [0.717, 1.165) is 17.4 Å². The van der Waals surface area contributed by atoms with Crippen LogP contribution < -0.4 is 10.2 Å². The van der Waals surface area contributed by atoms with Crippen molar-refractivity contribution in [2.75, 3.05) is 11.9 Å². The maximum absolute atomic E-state index is 3.74. The molecule has 0 saturated carbocycles. The van der Waals surface area contributed by atoms with Crippen LogP contribution in [0.5, 0.6) is 0 Å². The van der Waals surface area contributed by atoms with Gasteiger partial charge >= 0.3 is 0 Å². The monoisotopic (exact) mass is 330 g/mol. The van der Waals surface area contributed by atoms with Crippen LogP contribution in [0, 0.1) is 0 Å². The summed E-state index contributed by atoms with van der Waals surface area (Å²) in [5.41, 5.74) is 5.32. The lowest BCUT2D eigenvalue weighted by Crippen LogP contribution is -2.24. The average molecular weight is 331 g/mol. The molecule has 2 nitrogen and oxygen atoms in total. The summed E-state index contributed by atoms with van der Waals surface area (Å²) in [4.78, 5) is 2.43. The molecule has 0 radical (unpaired) electrons. The maximum atomic E-state index is 3.74. The lowest BCUT2D eigenvalue weighted by Gasteiger charge is -2.26. The topological polar surface area (TPSA) is 15.3 Å². The van der Waals surface area contributed by atoms with Crippen LogP contribution in [0.1, 0.15) is 18.1 Å². The second-order valence-electron chi connectivity index (χ2n) is 5.37. The van der Waals surface area contributed by atoms with Gasteiger partial charge in [0.15, 0.2) is 0 Å². The third kappa shape index (κ3) is 2.36. The fourth-order valence-electron chi connectivity index (χ4n) is 2.99. The van der Waals surface area contributed by atoms with Crippen molar-refractivity contribution < 1.29 is 0 Å². The fraction of sp³-hybridized carbons (Fsp3) is 0.294. The first-order valence-electron chi connectivity index (χ1n) is 7.01. The first-order chi connectivity index (χ1) is 9.70. The van der Waals surface area contributed by atoms with Gasteiger partial charge in [0, 0.05) is 22.7 Å². The highest BCUT2D eigenvalue weighted by Crippen LogP contribution is 2.41. The molecule has 0 aliphatic carbocycles. The van der Waals surface area contributed by atoms with Gasteiger partial charge in [-0.2, -0.15) is 0 Å². The van der Waals surface area contributed by atoms with Crippen molar-refractivity contribution in [3.63, 3.8) is 0 Å². The summed E-state index contributed by atoms with van der Waals surface area (Å²) in [7, 11) is 1.97. The largest absolute Gasteiger partial charge is 0.337 e. The SMILES string of the molecule is CNCc1ccc(N2c3ccccc3CC2C)c(Br)c1. The molecule has 0 saturated heterocycles. The number of hydrogen-bond acceptors (Lipinski definition) is 2. The quantitative estimate of drug-likeness (QED) is 0.904. The van der Waals surface area contributed by atoms with Crippen molar-refractivity contribution in [1.82, 2.24) is 5.32 Å². The van der Waals surface area contributed by atoms with E-state index in [2.05, 4.69) is 75.5 Å². The minimum Gasteiger partial charge on any atom is -0.337 e. The number of para-hydroxylation sites is 1. The standard InChI is InChI=1S/C17H19BrN2/c1-12-9-14-5-3-4-6-16(14)20(12)17-8-7-13(11-19-2)10-15(17)18/h3-8,10,12,19H,9,11H2,1-2H3. The van der Waals surface area contributed by atoms with Crippen molar-refractivity contribution in [1.29, 1.82) is 0 Å². The van der Waals surface area contributed by atoms with E-state index in [1.807, 2.05) is 7.05 Å². The van der Waals surface area contributed by atoms with E-state index in [4.69, 9.17) is 0 Å². The molecular formula is C17H19BrN2. The molecule has 1 N–H and O–H groups in total. The Morgan fingerprint density at radius 1 is 1.20 bits per heavy atom. The summed E-state index contributed by atoms with van der Waals surface area (Å²) in [6.45, 7) is 3.18. The number of rotatable bonds is 3. The first kappa shape index (κ1) is 13.7. The summed E-state index contributed by atoms with van der Waals surface area (Å²) in [5.74, 6) is 0. The average Bonchev–Trinajstić information content (AvgIpc) is 2.76. The lowest BCUT2D eigenvalue weighted by molar-refractivity contribution is 0.757. The molecule has 20 heavy (non-hydrogen) atoms. The molecule has 1 heterocycles. The molecule has 3 rings (SSSR count). The highest BCUT2D eigenvalue weighted by atomic mass is 79.9. The van der Waals surface area contributed by atoms with E-state index >= 15 is 0 Å². The Hall–Kier alpha value is -1.32. The minimum absolute atomic E-state index is 0.499. The zero-order valence-corrected chi connectivity index (χ0v) is 13.4. The number of benzene rings is 2. The van der Waals surface area contributed by atoms with Crippen molar-refractivity contribution in [3.8, 4) is 0 Å². The summed E-state index contributed by atoms with van der Waals surface area (Å²) >= 11 is 3.74. The van der Waals surface area contributed by atoms with Gasteiger partial charge in [-0.1, -0.05) is 24.3 Å². The zero-order valence-electron chi connectivity index (χ0n) is 11.9. The highest BCUT2D eigenvalue weighted by molar-refractivity contribution is 9.10. The Kier molecular flexibility index (Phi) is 3.81. The van der Waals surface area contributed by atoms with Crippen LogP contribution in [0.3, 0.4) is 0 Å². The van der Waals surface area contributed by atoms with Crippen LogP contribution >= 0.6 is 15.9 Å². The molecule has 2 aromatic rings. The molecule has 0 amide bonds. The molecule has 1 unspecified atom stereocenters. The van der Waals surface area contributed by atoms with E-state index < -0.39 is 0 Å². The molecular weight excluding hydrogens is 312 g/mol. The van der Waals surface area contributed by atoms with E-state index in [-0.39, 0.29) is 0 Å². The second-order valence-corrected chi connectivity index (χ2v) is 6.22. The Bertz CT molecular complexity index is 624. The summed E-state index contributed by atoms with van der Waals surface area (Å²) in [5, 5.41) is 3.19. The van der Waals surface area contributed by atoms with E-state index in [9.17, 15) is 0 Å². The van der Waals surface area contributed by atoms with Crippen molar-refractivity contribution in [2.45, 2.75) is 25.9 Å². The van der Waals surface area contributed by atoms with E-state index in [1.54, 1.807) is 0 Å². The van der Waals surface area contributed by atoms with Crippen LogP contribution in [-0.2, 0) is 13.0 Å². The van der Waals surface area contributed by atoms with Crippen LogP contribution in [-0.4, -0.2) is 13.1 Å². The molecule has 2 aromatic carbocycles. The Balaban J connectivity index is 2.01. The summed E-state index contributed by atoms with van der Waals surface area (Å²) in [6, 6.07) is 15.8. The van der Waals surface area contributed by atoms with E-state index in [0.29, 0.717) is 6.04 Å². The van der Waals surface area contributed by atoms with Crippen molar-refractivity contribution in [3.05, 3.63) is 58.1 Å². The third-order valence-electron chi connectivity index (χ3n) is 3.86. The van der Waals surface area contributed by atoms with Gasteiger partial charge in [-0.05, 0) is 65.6 Å². The van der Waals surface area contributed by atoms with Crippen molar-refractivity contribution >= 4 is 27.3 Å². The molecule has 0 spiro atoms. The van der Waals surface area contributed by atoms with Crippen LogP contribution in [0.15, 0.2) is 46.9 Å². The number of nitrogens with one attached hydrogen (secondary N) is 1.